The molecular formula is C14H19N3O. The van der Waals surface area contributed by atoms with E-state index in [9.17, 15) is 5.11 Å². The van der Waals surface area contributed by atoms with Crippen molar-refractivity contribution in [2.45, 2.75) is 26.7 Å². The minimum absolute atomic E-state index is 0.245. The van der Waals surface area contributed by atoms with E-state index >= 15 is 0 Å². The van der Waals surface area contributed by atoms with Gasteiger partial charge in [0.15, 0.2) is 0 Å². The van der Waals surface area contributed by atoms with Gasteiger partial charge in [0.25, 0.3) is 0 Å². The molecule has 0 unspecified atom stereocenters. The minimum Gasteiger partial charge on any atom is -0.507 e. The van der Waals surface area contributed by atoms with E-state index in [0.29, 0.717) is 17.4 Å². The van der Waals surface area contributed by atoms with Crippen LogP contribution in [0, 0.1) is 6.92 Å². The third-order valence-corrected chi connectivity index (χ3v) is 3.20. The Morgan fingerprint density at radius 3 is 2.44 bits per heavy atom. The Labute approximate surface area is 107 Å². The molecule has 0 aliphatic carbocycles. The van der Waals surface area contributed by atoms with Gasteiger partial charge in [-0.2, -0.15) is 5.10 Å². The van der Waals surface area contributed by atoms with Gasteiger partial charge in [0.05, 0.1) is 5.69 Å². The predicted octanol–water partition coefficient (Wildman–Crippen LogP) is 2.81. The molecule has 0 spiro atoms. The number of phenolic OH excluding ortho intramolecular Hbond substituents is 1. The maximum atomic E-state index is 10.1. The van der Waals surface area contributed by atoms with Crippen LogP contribution in [0.15, 0.2) is 18.2 Å². The standard InChI is InChI=1S/C14H19N3O/c1-8(2)10-6-11(13(18)5-9(10)3)12-7-14(15)17(4)16-12/h5-8,18H,15H2,1-4H3. The Morgan fingerprint density at radius 2 is 1.94 bits per heavy atom. The zero-order valence-electron chi connectivity index (χ0n) is 11.2. The van der Waals surface area contributed by atoms with Crippen molar-refractivity contribution in [1.82, 2.24) is 9.78 Å². The van der Waals surface area contributed by atoms with E-state index < -0.39 is 0 Å². The Bertz CT molecular complexity index is 565. The highest BCUT2D eigenvalue weighted by atomic mass is 16.3. The summed E-state index contributed by atoms with van der Waals surface area (Å²) in [7, 11) is 1.79. The lowest BCUT2D eigenvalue weighted by Crippen LogP contribution is -1.97. The Morgan fingerprint density at radius 1 is 1.28 bits per heavy atom. The van der Waals surface area contributed by atoms with Gasteiger partial charge in [0.1, 0.15) is 11.6 Å². The summed E-state index contributed by atoms with van der Waals surface area (Å²) in [6, 6.07) is 5.56. The van der Waals surface area contributed by atoms with Crippen LogP contribution in [-0.4, -0.2) is 14.9 Å². The van der Waals surface area contributed by atoms with Crippen LogP contribution < -0.4 is 5.73 Å². The third kappa shape index (κ3) is 2.06. The van der Waals surface area contributed by atoms with Gasteiger partial charge in [-0.15, -0.1) is 0 Å². The lowest BCUT2D eigenvalue weighted by Gasteiger charge is -2.12. The highest BCUT2D eigenvalue weighted by molar-refractivity contribution is 5.70. The van der Waals surface area contributed by atoms with Crippen molar-refractivity contribution in [3.05, 3.63) is 29.3 Å². The molecule has 0 saturated heterocycles. The number of anilines is 1. The molecule has 3 N–H and O–H groups in total. The second kappa shape index (κ2) is 4.37. The number of aromatic hydroxyl groups is 1. The fourth-order valence-corrected chi connectivity index (χ4v) is 2.15. The van der Waals surface area contributed by atoms with Gasteiger partial charge in [0.2, 0.25) is 0 Å². The van der Waals surface area contributed by atoms with Gasteiger partial charge in [-0.05, 0) is 36.1 Å². The number of nitrogens with two attached hydrogens (primary N) is 1. The topological polar surface area (TPSA) is 64.1 Å². The van der Waals surface area contributed by atoms with E-state index in [4.69, 9.17) is 5.73 Å². The van der Waals surface area contributed by atoms with E-state index in [0.717, 1.165) is 11.1 Å². The predicted molar refractivity (Wildman–Crippen MR) is 73.5 cm³/mol. The summed E-state index contributed by atoms with van der Waals surface area (Å²) in [5.74, 6) is 1.23. The summed E-state index contributed by atoms with van der Waals surface area (Å²) in [6.45, 7) is 6.28. The zero-order chi connectivity index (χ0) is 13.4. The van der Waals surface area contributed by atoms with Crippen molar-refractivity contribution < 1.29 is 5.11 Å². The molecule has 4 heteroatoms. The lowest BCUT2D eigenvalue weighted by molar-refractivity contribution is 0.476. The summed E-state index contributed by atoms with van der Waals surface area (Å²) in [5, 5.41) is 14.4. The molecule has 18 heavy (non-hydrogen) atoms. The van der Waals surface area contributed by atoms with Crippen molar-refractivity contribution in [2.24, 2.45) is 7.05 Å². The van der Waals surface area contributed by atoms with Gasteiger partial charge in [-0.25, -0.2) is 0 Å². The van der Waals surface area contributed by atoms with E-state index in [1.54, 1.807) is 23.9 Å². The summed E-state index contributed by atoms with van der Waals surface area (Å²) >= 11 is 0. The molecule has 0 bridgehead atoms. The van der Waals surface area contributed by atoms with Crippen LogP contribution in [0.5, 0.6) is 5.75 Å². The first-order valence-corrected chi connectivity index (χ1v) is 6.03. The maximum Gasteiger partial charge on any atom is 0.125 e. The number of phenols is 1. The smallest absolute Gasteiger partial charge is 0.125 e. The average Bonchev–Trinajstić information content (AvgIpc) is 2.58. The van der Waals surface area contributed by atoms with Gasteiger partial charge >= 0.3 is 0 Å². The monoisotopic (exact) mass is 245 g/mol. The fraction of sp³-hybridized carbons (Fsp3) is 0.357. The van der Waals surface area contributed by atoms with E-state index in [1.807, 2.05) is 13.0 Å². The van der Waals surface area contributed by atoms with Crippen LogP contribution in [0.2, 0.25) is 0 Å². The molecule has 4 nitrogen and oxygen atoms in total. The van der Waals surface area contributed by atoms with E-state index in [-0.39, 0.29) is 5.75 Å². The molecule has 0 radical (unpaired) electrons. The summed E-state index contributed by atoms with van der Waals surface area (Å²) in [4.78, 5) is 0. The normalized spacial score (nSPS) is 11.2. The Kier molecular flexibility index (Phi) is 3.03. The number of aromatic nitrogens is 2. The first kappa shape index (κ1) is 12.5. The molecular weight excluding hydrogens is 226 g/mol. The van der Waals surface area contributed by atoms with Crippen LogP contribution in [0.1, 0.15) is 30.9 Å². The molecule has 2 aromatic rings. The number of nitrogens with zero attached hydrogens (tertiary/aromatic N) is 2. The van der Waals surface area contributed by atoms with Crippen LogP contribution in [0.25, 0.3) is 11.3 Å². The first-order valence-electron chi connectivity index (χ1n) is 6.03. The highest BCUT2D eigenvalue weighted by Crippen LogP contribution is 2.34. The molecule has 0 atom stereocenters. The first-order chi connectivity index (χ1) is 8.40. The van der Waals surface area contributed by atoms with Crippen molar-refractivity contribution in [1.29, 1.82) is 0 Å². The average molecular weight is 245 g/mol. The summed E-state index contributed by atoms with van der Waals surface area (Å²) in [6.07, 6.45) is 0. The number of rotatable bonds is 2. The third-order valence-electron chi connectivity index (χ3n) is 3.20. The van der Waals surface area contributed by atoms with Gasteiger partial charge in [0, 0.05) is 18.7 Å². The quantitative estimate of drug-likeness (QED) is 0.855. The Balaban J connectivity index is 2.60. The zero-order valence-corrected chi connectivity index (χ0v) is 11.2. The molecule has 1 heterocycles. The maximum absolute atomic E-state index is 10.1. The molecule has 0 saturated carbocycles. The van der Waals surface area contributed by atoms with Gasteiger partial charge in [-0.1, -0.05) is 13.8 Å². The van der Waals surface area contributed by atoms with Crippen molar-refractivity contribution in [2.75, 3.05) is 5.73 Å². The Hall–Kier alpha value is -1.97. The molecule has 1 aromatic heterocycles. The molecule has 0 amide bonds. The van der Waals surface area contributed by atoms with Gasteiger partial charge < -0.3 is 10.8 Å². The SMILES string of the molecule is Cc1cc(O)c(-c2cc(N)n(C)n2)cc1C(C)C. The molecule has 0 aliphatic heterocycles. The van der Waals surface area contributed by atoms with E-state index in [1.165, 1.54) is 5.56 Å². The van der Waals surface area contributed by atoms with E-state index in [2.05, 4.69) is 18.9 Å². The molecule has 0 fully saturated rings. The fourth-order valence-electron chi connectivity index (χ4n) is 2.15. The van der Waals surface area contributed by atoms with Crippen molar-refractivity contribution >= 4 is 5.82 Å². The number of hydrogen-bond donors (Lipinski definition) is 2. The van der Waals surface area contributed by atoms with Crippen molar-refractivity contribution in [3.63, 3.8) is 0 Å². The lowest BCUT2D eigenvalue weighted by atomic mass is 9.94. The molecule has 1 aromatic carbocycles. The minimum atomic E-state index is 0.245. The second-order valence-electron chi connectivity index (χ2n) is 4.96. The highest BCUT2D eigenvalue weighted by Gasteiger charge is 2.13. The second-order valence-corrected chi connectivity index (χ2v) is 4.96. The number of benzene rings is 1. The van der Waals surface area contributed by atoms with Gasteiger partial charge in [-0.3, -0.25) is 4.68 Å². The van der Waals surface area contributed by atoms with Crippen LogP contribution >= 0.6 is 0 Å². The van der Waals surface area contributed by atoms with Crippen LogP contribution in [0.3, 0.4) is 0 Å². The summed E-state index contributed by atoms with van der Waals surface area (Å²) in [5.41, 5.74) is 9.52. The largest absolute Gasteiger partial charge is 0.507 e. The summed E-state index contributed by atoms with van der Waals surface area (Å²) < 4.78 is 1.60. The van der Waals surface area contributed by atoms with Crippen LogP contribution in [-0.2, 0) is 7.05 Å². The van der Waals surface area contributed by atoms with Crippen molar-refractivity contribution in [3.8, 4) is 17.0 Å². The molecule has 2 rings (SSSR count). The molecule has 0 aliphatic rings. The number of nitrogen functional groups attached to an aromatic ring is 1. The van der Waals surface area contributed by atoms with Crippen LogP contribution in [0.4, 0.5) is 5.82 Å². The molecule has 96 valence electrons. The number of hydrogen-bond acceptors (Lipinski definition) is 3. The number of aryl methyl sites for hydroxylation is 2.